The van der Waals surface area contributed by atoms with Crippen LogP contribution in [0.1, 0.15) is 6.92 Å². The maximum atomic E-state index is 10.6. The van der Waals surface area contributed by atoms with Crippen molar-refractivity contribution >= 4 is 12.1 Å². The van der Waals surface area contributed by atoms with Crippen LogP contribution in [0, 0.1) is 0 Å². The maximum Gasteiger partial charge on any atom is 0.211 e. The molecule has 0 radical (unpaired) electrons. The Bertz CT molecular complexity index is 523. The highest BCUT2D eigenvalue weighted by Gasteiger charge is 2.05. The lowest BCUT2D eigenvalue weighted by Gasteiger charge is -2.11. The van der Waals surface area contributed by atoms with E-state index in [-0.39, 0.29) is 0 Å². The third-order valence-electron chi connectivity index (χ3n) is 2.60. The number of hydrogen-bond donors (Lipinski definition) is 1. The predicted octanol–water partition coefficient (Wildman–Crippen LogP) is 3.32. The van der Waals surface area contributed by atoms with E-state index in [0.29, 0.717) is 24.5 Å². The van der Waals surface area contributed by atoms with Gasteiger partial charge in [0.25, 0.3) is 0 Å². The van der Waals surface area contributed by atoms with Crippen molar-refractivity contribution in [1.29, 1.82) is 0 Å². The zero-order valence-corrected chi connectivity index (χ0v) is 10.2. The summed E-state index contributed by atoms with van der Waals surface area (Å²) < 4.78 is 5.46. The van der Waals surface area contributed by atoms with Crippen molar-refractivity contribution in [1.82, 2.24) is 0 Å². The SMILES string of the molecule is CCOc1ccc(-c2ccccc2)cc1NC=O. The summed E-state index contributed by atoms with van der Waals surface area (Å²) >= 11 is 0. The first-order chi connectivity index (χ1) is 8.85. The summed E-state index contributed by atoms with van der Waals surface area (Å²) in [5.74, 6) is 0.685. The van der Waals surface area contributed by atoms with Crippen LogP contribution in [0.25, 0.3) is 11.1 Å². The minimum atomic E-state index is 0.568. The topological polar surface area (TPSA) is 38.3 Å². The van der Waals surface area contributed by atoms with Crippen LogP contribution in [0.4, 0.5) is 5.69 Å². The first kappa shape index (κ1) is 12.2. The molecular formula is C15H15NO2. The molecule has 3 heteroatoms. The summed E-state index contributed by atoms with van der Waals surface area (Å²) in [6, 6.07) is 15.8. The summed E-state index contributed by atoms with van der Waals surface area (Å²) in [6.07, 6.45) is 0.659. The number of carbonyl (C=O) groups excluding carboxylic acids is 1. The first-order valence-electron chi connectivity index (χ1n) is 5.87. The number of nitrogens with one attached hydrogen (secondary N) is 1. The van der Waals surface area contributed by atoms with Gasteiger partial charge in [0.2, 0.25) is 6.41 Å². The van der Waals surface area contributed by atoms with Gasteiger partial charge in [0.05, 0.1) is 12.3 Å². The van der Waals surface area contributed by atoms with Gasteiger partial charge in [-0.05, 0) is 30.2 Å². The highest BCUT2D eigenvalue weighted by atomic mass is 16.5. The summed E-state index contributed by atoms with van der Waals surface area (Å²) in [6.45, 7) is 2.48. The molecule has 1 N–H and O–H groups in total. The minimum absolute atomic E-state index is 0.568. The fourth-order valence-corrected chi connectivity index (χ4v) is 1.80. The van der Waals surface area contributed by atoms with Crippen LogP contribution in [0.2, 0.25) is 0 Å². The van der Waals surface area contributed by atoms with Crippen LogP contribution in [-0.2, 0) is 4.79 Å². The van der Waals surface area contributed by atoms with Gasteiger partial charge in [0.15, 0.2) is 0 Å². The van der Waals surface area contributed by atoms with Crippen molar-refractivity contribution in [3.63, 3.8) is 0 Å². The van der Waals surface area contributed by atoms with Gasteiger partial charge in [0.1, 0.15) is 5.75 Å². The fraction of sp³-hybridized carbons (Fsp3) is 0.133. The third kappa shape index (κ3) is 2.69. The van der Waals surface area contributed by atoms with Crippen LogP contribution in [-0.4, -0.2) is 13.0 Å². The van der Waals surface area contributed by atoms with E-state index in [4.69, 9.17) is 4.74 Å². The van der Waals surface area contributed by atoms with Crippen LogP contribution in [0.15, 0.2) is 48.5 Å². The van der Waals surface area contributed by atoms with Crippen LogP contribution in [0.5, 0.6) is 5.75 Å². The van der Waals surface area contributed by atoms with E-state index < -0.39 is 0 Å². The third-order valence-corrected chi connectivity index (χ3v) is 2.60. The summed E-state index contributed by atoms with van der Waals surface area (Å²) in [4.78, 5) is 10.6. The number of ether oxygens (including phenoxy) is 1. The lowest BCUT2D eigenvalue weighted by Crippen LogP contribution is -2.00. The molecule has 0 saturated carbocycles. The molecular weight excluding hydrogens is 226 g/mol. The number of amides is 1. The lowest BCUT2D eigenvalue weighted by molar-refractivity contribution is -0.105. The molecule has 0 bridgehead atoms. The molecule has 1 amide bonds. The molecule has 3 nitrogen and oxygen atoms in total. The van der Waals surface area contributed by atoms with Crippen LogP contribution >= 0.6 is 0 Å². The van der Waals surface area contributed by atoms with Gasteiger partial charge in [-0.15, -0.1) is 0 Å². The van der Waals surface area contributed by atoms with Gasteiger partial charge in [-0.2, -0.15) is 0 Å². The van der Waals surface area contributed by atoms with Crippen molar-refractivity contribution in [2.24, 2.45) is 0 Å². The molecule has 2 aromatic carbocycles. The van der Waals surface area contributed by atoms with E-state index >= 15 is 0 Å². The van der Waals surface area contributed by atoms with E-state index in [0.717, 1.165) is 11.1 Å². The van der Waals surface area contributed by atoms with Gasteiger partial charge in [0, 0.05) is 0 Å². The number of rotatable bonds is 5. The average Bonchev–Trinajstić information content (AvgIpc) is 2.42. The highest BCUT2D eigenvalue weighted by Crippen LogP contribution is 2.30. The predicted molar refractivity (Wildman–Crippen MR) is 72.7 cm³/mol. The monoisotopic (exact) mass is 241 g/mol. The van der Waals surface area contributed by atoms with Crippen LogP contribution < -0.4 is 10.1 Å². The van der Waals surface area contributed by atoms with Crippen molar-refractivity contribution in [3.8, 4) is 16.9 Å². The fourth-order valence-electron chi connectivity index (χ4n) is 1.80. The largest absolute Gasteiger partial charge is 0.492 e. The smallest absolute Gasteiger partial charge is 0.211 e. The molecule has 0 saturated heterocycles. The zero-order valence-electron chi connectivity index (χ0n) is 10.2. The molecule has 0 aliphatic carbocycles. The van der Waals surface area contributed by atoms with Crippen molar-refractivity contribution in [2.45, 2.75) is 6.92 Å². The number of carbonyl (C=O) groups is 1. The second-order valence-corrected chi connectivity index (χ2v) is 3.77. The second kappa shape index (κ2) is 5.87. The standard InChI is InChI=1S/C15H15NO2/c1-2-18-15-9-8-13(10-14(15)16-11-17)12-6-4-3-5-7-12/h3-11H,2H2,1H3,(H,16,17). The second-order valence-electron chi connectivity index (χ2n) is 3.77. The molecule has 0 spiro atoms. The van der Waals surface area contributed by atoms with Crippen molar-refractivity contribution in [2.75, 3.05) is 11.9 Å². The quantitative estimate of drug-likeness (QED) is 0.815. The Balaban J connectivity index is 2.39. The average molecular weight is 241 g/mol. The molecule has 92 valence electrons. The Hall–Kier alpha value is -2.29. The molecule has 0 fully saturated rings. The molecule has 0 atom stereocenters. The summed E-state index contributed by atoms with van der Waals surface area (Å²) in [5.41, 5.74) is 2.84. The molecule has 0 heterocycles. The van der Waals surface area contributed by atoms with E-state index in [1.54, 1.807) is 0 Å². The lowest BCUT2D eigenvalue weighted by atomic mass is 10.0. The van der Waals surface area contributed by atoms with Crippen molar-refractivity contribution in [3.05, 3.63) is 48.5 Å². The van der Waals surface area contributed by atoms with E-state index in [1.807, 2.05) is 55.5 Å². The normalized spacial score (nSPS) is 9.83. The number of hydrogen-bond acceptors (Lipinski definition) is 2. The molecule has 2 aromatic rings. The minimum Gasteiger partial charge on any atom is -0.492 e. The number of benzene rings is 2. The molecule has 0 aliphatic heterocycles. The van der Waals surface area contributed by atoms with E-state index in [9.17, 15) is 4.79 Å². The maximum absolute atomic E-state index is 10.6. The molecule has 0 aromatic heterocycles. The van der Waals surface area contributed by atoms with E-state index in [2.05, 4.69) is 5.32 Å². The highest BCUT2D eigenvalue weighted by molar-refractivity contribution is 5.80. The molecule has 0 aliphatic rings. The Morgan fingerprint density at radius 2 is 1.89 bits per heavy atom. The Labute approximate surface area is 106 Å². The van der Waals surface area contributed by atoms with Crippen molar-refractivity contribution < 1.29 is 9.53 Å². The summed E-state index contributed by atoms with van der Waals surface area (Å²) in [5, 5.41) is 2.67. The Morgan fingerprint density at radius 3 is 2.56 bits per heavy atom. The van der Waals surface area contributed by atoms with Gasteiger partial charge in [-0.25, -0.2) is 0 Å². The number of anilines is 1. The zero-order chi connectivity index (χ0) is 12.8. The van der Waals surface area contributed by atoms with Gasteiger partial charge < -0.3 is 10.1 Å². The Kier molecular flexibility index (Phi) is 3.97. The van der Waals surface area contributed by atoms with Gasteiger partial charge >= 0.3 is 0 Å². The molecule has 18 heavy (non-hydrogen) atoms. The van der Waals surface area contributed by atoms with E-state index in [1.165, 1.54) is 0 Å². The van der Waals surface area contributed by atoms with Gasteiger partial charge in [-0.1, -0.05) is 36.4 Å². The molecule has 2 rings (SSSR count). The Morgan fingerprint density at radius 1 is 1.11 bits per heavy atom. The first-order valence-corrected chi connectivity index (χ1v) is 5.87. The van der Waals surface area contributed by atoms with Gasteiger partial charge in [-0.3, -0.25) is 4.79 Å². The summed E-state index contributed by atoms with van der Waals surface area (Å²) in [7, 11) is 0. The van der Waals surface area contributed by atoms with Crippen LogP contribution in [0.3, 0.4) is 0 Å². The molecule has 0 unspecified atom stereocenters.